The van der Waals surface area contributed by atoms with E-state index in [1.165, 1.54) is 7.11 Å². The molecule has 84 valence electrons. The van der Waals surface area contributed by atoms with Crippen molar-refractivity contribution >= 4 is 34.2 Å². The molecule has 2 rings (SSSR count). The highest BCUT2D eigenvalue weighted by Crippen LogP contribution is 2.30. The van der Waals surface area contributed by atoms with E-state index >= 15 is 0 Å². The molecule has 0 fully saturated rings. The van der Waals surface area contributed by atoms with Crippen molar-refractivity contribution < 1.29 is 9.53 Å². The van der Waals surface area contributed by atoms with Crippen LogP contribution in [0.1, 0.15) is 10.5 Å². The minimum absolute atomic E-state index is 0.347. The van der Waals surface area contributed by atoms with Crippen molar-refractivity contribution in [1.29, 1.82) is 0 Å². The predicted molar refractivity (Wildman–Crippen MR) is 63.7 cm³/mol. The summed E-state index contributed by atoms with van der Waals surface area (Å²) in [5.41, 5.74) is 7.50. The summed E-state index contributed by atoms with van der Waals surface area (Å²) in [6.45, 7) is 0. The number of carbonyl (C=O) groups is 1. The number of hydrogen-bond donors (Lipinski definition) is 1. The summed E-state index contributed by atoms with van der Waals surface area (Å²) >= 11 is 5.88. The lowest BCUT2D eigenvalue weighted by atomic mass is 10.2. The molecule has 0 unspecified atom stereocenters. The number of carbonyl (C=O) groups excluding carboxylic acids is 1. The summed E-state index contributed by atoms with van der Waals surface area (Å²) in [5, 5.41) is 1.34. The van der Waals surface area contributed by atoms with Crippen LogP contribution in [0, 0.1) is 0 Å². The lowest BCUT2D eigenvalue weighted by Crippen LogP contribution is -2.09. The number of fused-ring (bicyclic) bond motifs is 1. The lowest BCUT2D eigenvalue weighted by molar-refractivity contribution is 0.0592. The summed E-state index contributed by atoms with van der Waals surface area (Å²) in [5.74, 6) is -0.452. The minimum Gasteiger partial charge on any atom is -0.464 e. The first-order valence-electron chi connectivity index (χ1n) is 4.68. The SMILES string of the molecule is COC(=O)c1c(N)c2cc(Cl)ccc2n1C. The van der Waals surface area contributed by atoms with Gasteiger partial charge in [-0.25, -0.2) is 4.79 Å². The van der Waals surface area contributed by atoms with E-state index in [9.17, 15) is 4.79 Å². The van der Waals surface area contributed by atoms with E-state index in [1.807, 2.05) is 6.07 Å². The molecule has 0 aliphatic rings. The third-order valence-corrected chi connectivity index (χ3v) is 2.81. The first-order valence-corrected chi connectivity index (χ1v) is 5.05. The number of nitrogens with two attached hydrogens (primary N) is 1. The van der Waals surface area contributed by atoms with Crippen LogP contribution in [0.15, 0.2) is 18.2 Å². The molecule has 5 heteroatoms. The molecule has 1 heterocycles. The fourth-order valence-electron chi connectivity index (χ4n) is 1.79. The zero-order valence-electron chi connectivity index (χ0n) is 8.95. The molecule has 0 amide bonds. The number of benzene rings is 1. The van der Waals surface area contributed by atoms with E-state index in [2.05, 4.69) is 4.74 Å². The molecular weight excluding hydrogens is 228 g/mol. The van der Waals surface area contributed by atoms with Gasteiger partial charge in [-0.2, -0.15) is 0 Å². The number of nitrogens with zero attached hydrogens (tertiary/aromatic N) is 1. The number of ether oxygens (including phenoxy) is 1. The quantitative estimate of drug-likeness (QED) is 0.775. The number of methoxy groups -OCH3 is 1. The predicted octanol–water partition coefficient (Wildman–Crippen LogP) is 2.20. The van der Waals surface area contributed by atoms with Crippen LogP contribution in [0.25, 0.3) is 10.9 Å². The van der Waals surface area contributed by atoms with E-state index in [0.29, 0.717) is 16.4 Å². The van der Waals surface area contributed by atoms with Crippen molar-refractivity contribution in [3.8, 4) is 0 Å². The average molecular weight is 239 g/mol. The van der Waals surface area contributed by atoms with Gasteiger partial charge in [0.1, 0.15) is 0 Å². The van der Waals surface area contributed by atoms with Crippen molar-refractivity contribution in [3.63, 3.8) is 0 Å². The van der Waals surface area contributed by atoms with Gasteiger partial charge in [0.25, 0.3) is 0 Å². The van der Waals surface area contributed by atoms with Crippen LogP contribution in [0.3, 0.4) is 0 Å². The molecule has 0 saturated carbocycles. The standard InChI is InChI=1S/C11H11ClN2O2/c1-14-8-4-3-6(12)5-7(8)9(13)10(14)11(15)16-2/h3-5H,13H2,1-2H3. The number of nitrogen functional groups attached to an aromatic ring is 1. The number of aromatic nitrogens is 1. The van der Waals surface area contributed by atoms with E-state index in [1.54, 1.807) is 23.7 Å². The Kier molecular flexibility index (Phi) is 2.52. The molecule has 0 spiro atoms. The van der Waals surface area contributed by atoms with Crippen molar-refractivity contribution in [2.75, 3.05) is 12.8 Å². The Morgan fingerprint density at radius 2 is 2.19 bits per heavy atom. The number of rotatable bonds is 1. The zero-order chi connectivity index (χ0) is 11.9. The van der Waals surface area contributed by atoms with Crippen molar-refractivity contribution in [3.05, 3.63) is 28.9 Å². The van der Waals surface area contributed by atoms with E-state index < -0.39 is 5.97 Å². The largest absolute Gasteiger partial charge is 0.464 e. The molecule has 2 N–H and O–H groups in total. The third-order valence-electron chi connectivity index (χ3n) is 2.58. The average Bonchev–Trinajstić information content (AvgIpc) is 2.51. The molecule has 0 radical (unpaired) electrons. The smallest absolute Gasteiger partial charge is 0.356 e. The molecule has 4 nitrogen and oxygen atoms in total. The van der Waals surface area contributed by atoms with E-state index in [0.717, 1.165) is 10.9 Å². The maximum absolute atomic E-state index is 11.6. The second-order valence-corrected chi connectivity index (χ2v) is 3.91. The molecule has 0 aliphatic heterocycles. The maximum Gasteiger partial charge on any atom is 0.356 e. The summed E-state index contributed by atoms with van der Waals surface area (Å²) < 4.78 is 6.39. The molecule has 1 aromatic carbocycles. The zero-order valence-corrected chi connectivity index (χ0v) is 9.71. The van der Waals surface area contributed by atoms with Crippen LogP contribution < -0.4 is 5.73 Å². The Balaban J connectivity index is 2.81. The van der Waals surface area contributed by atoms with Crippen LogP contribution >= 0.6 is 11.6 Å². The van der Waals surface area contributed by atoms with Gasteiger partial charge in [-0.1, -0.05) is 11.6 Å². The van der Waals surface area contributed by atoms with Crippen LogP contribution in [0.2, 0.25) is 5.02 Å². The van der Waals surface area contributed by atoms with Gasteiger partial charge in [-0.3, -0.25) is 0 Å². The number of hydrogen-bond acceptors (Lipinski definition) is 3. The molecule has 0 bridgehead atoms. The van der Waals surface area contributed by atoms with Crippen LogP contribution in [0.5, 0.6) is 0 Å². The van der Waals surface area contributed by atoms with Gasteiger partial charge in [-0.15, -0.1) is 0 Å². The Hall–Kier alpha value is -1.68. The van der Waals surface area contributed by atoms with Gasteiger partial charge in [0.05, 0.1) is 18.3 Å². The number of anilines is 1. The molecule has 16 heavy (non-hydrogen) atoms. The number of esters is 1. The third kappa shape index (κ3) is 1.42. The van der Waals surface area contributed by atoms with Crippen molar-refractivity contribution in [2.45, 2.75) is 0 Å². The minimum atomic E-state index is -0.452. The van der Waals surface area contributed by atoms with Gasteiger partial charge in [0.2, 0.25) is 0 Å². The monoisotopic (exact) mass is 238 g/mol. The summed E-state index contributed by atoms with van der Waals surface area (Å²) in [6.07, 6.45) is 0. The highest BCUT2D eigenvalue weighted by molar-refractivity contribution is 6.31. The summed E-state index contributed by atoms with van der Waals surface area (Å²) in [4.78, 5) is 11.6. The van der Waals surface area contributed by atoms with Crippen LogP contribution in [-0.2, 0) is 11.8 Å². The van der Waals surface area contributed by atoms with E-state index in [-0.39, 0.29) is 0 Å². The molecule has 0 aliphatic carbocycles. The van der Waals surface area contributed by atoms with Gasteiger partial charge < -0.3 is 15.0 Å². The number of halogens is 1. The molecular formula is C11H11ClN2O2. The first-order chi connectivity index (χ1) is 7.56. The van der Waals surface area contributed by atoms with Crippen molar-refractivity contribution in [2.24, 2.45) is 7.05 Å². The Morgan fingerprint density at radius 3 is 2.81 bits per heavy atom. The van der Waals surface area contributed by atoms with Crippen LogP contribution in [-0.4, -0.2) is 17.6 Å². The fraction of sp³-hybridized carbons (Fsp3) is 0.182. The van der Waals surface area contributed by atoms with Gasteiger partial charge in [0.15, 0.2) is 5.69 Å². The number of aryl methyl sites for hydroxylation is 1. The molecule has 1 aromatic heterocycles. The normalized spacial score (nSPS) is 10.7. The van der Waals surface area contributed by atoms with Gasteiger partial charge in [0, 0.05) is 17.5 Å². The van der Waals surface area contributed by atoms with Gasteiger partial charge in [-0.05, 0) is 18.2 Å². The molecule has 2 aromatic rings. The first kappa shape index (κ1) is 10.8. The Morgan fingerprint density at radius 1 is 1.50 bits per heavy atom. The molecule has 0 atom stereocenters. The van der Waals surface area contributed by atoms with Crippen LogP contribution in [0.4, 0.5) is 5.69 Å². The summed E-state index contributed by atoms with van der Waals surface area (Å²) in [6, 6.07) is 5.31. The second-order valence-electron chi connectivity index (χ2n) is 3.47. The highest BCUT2D eigenvalue weighted by Gasteiger charge is 2.19. The fourth-order valence-corrected chi connectivity index (χ4v) is 1.96. The Labute approximate surface area is 97.5 Å². The highest BCUT2D eigenvalue weighted by atomic mass is 35.5. The van der Waals surface area contributed by atoms with Gasteiger partial charge >= 0.3 is 5.97 Å². The Bertz CT molecular complexity index is 575. The molecule has 0 saturated heterocycles. The topological polar surface area (TPSA) is 57.2 Å². The lowest BCUT2D eigenvalue weighted by Gasteiger charge is -2.02. The van der Waals surface area contributed by atoms with Crippen molar-refractivity contribution in [1.82, 2.24) is 4.57 Å². The second kappa shape index (κ2) is 3.72. The van der Waals surface area contributed by atoms with E-state index in [4.69, 9.17) is 17.3 Å². The summed E-state index contributed by atoms with van der Waals surface area (Å²) in [7, 11) is 3.09. The maximum atomic E-state index is 11.6.